The Balaban J connectivity index is 2.03. The second kappa shape index (κ2) is 4.31. The van der Waals surface area contributed by atoms with Crippen molar-refractivity contribution in [3.8, 4) is 0 Å². The third-order valence-corrected chi connectivity index (χ3v) is 4.21. The lowest BCUT2D eigenvalue weighted by molar-refractivity contribution is -0.786. The summed E-state index contributed by atoms with van der Waals surface area (Å²) < 4.78 is 0. The fraction of sp³-hybridized carbons (Fsp3) is 0.143. The van der Waals surface area contributed by atoms with Crippen molar-refractivity contribution in [1.29, 1.82) is 0 Å². The van der Waals surface area contributed by atoms with Gasteiger partial charge in [0.1, 0.15) is 11.4 Å². The molecule has 0 atom stereocenters. The first-order chi connectivity index (χ1) is 8.63. The van der Waals surface area contributed by atoms with Gasteiger partial charge in [-0.2, -0.15) is 0 Å². The molecule has 0 spiro atoms. The van der Waals surface area contributed by atoms with Crippen molar-refractivity contribution in [3.63, 3.8) is 0 Å². The van der Waals surface area contributed by atoms with Gasteiger partial charge < -0.3 is 16.0 Å². The lowest BCUT2D eigenvalue weighted by Crippen LogP contribution is -3.00. The van der Waals surface area contributed by atoms with Crippen molar-refractivity contribution in [2.24, 2.45) is 0 Å². The van der Waals surface area contributed by atoms with Crippen LogP contribution in [0.4, 0.5) is 22.7 Å². The van der Waals surface area contributed by atoms with E-state index in [2.05, 4.69) is 55.5 Å². The van der Waals surface area contributed by atoms with E-state index in [1.54, 1.807) is 0 Å². The summed E-state index contributed by atoms with van der Waals surface area (Å²) in [5.74, 6) is 0. The molecule has 4 heteroatoms. The van der Waals surface area contributed by atoms with E-state index >= 15 is 0 Å². The van der Waals surface area contributed by atoms with Gasteiger partial charge in [-0.05, 0) is 12.1 Å². The van der Waals surface area contributed by atoms with Gasteiger partial charge in [0.15, 0.2) is 0 Å². The molecule has 0 amide bonds. The highest BCUT2D eigenvalue weighted by Gasteiger charge is 2.17. The van der Waals surface area contributed by atoms with Crippen LogP contribution in [0.3, 0.4) is 0 Å². The number of fused-ring (bicyclic) bond motifs is 2. The fourth-order valence-electron chi connectivity index (χ4n) is 2.04. The van der Waals surface area contributed by atoms with Crippen LogP contribution in [-0.2, 0) is 0 Å². The molecule has 1 aliphatic rings. The minimum atomic E-state index is 1.06. The van der Waals surface area contributed by atoms with Crippen LogP contribution in [0.15, 0.2) is 46.2 Å². The summed E-state index contributed by atoms with van der Waals surface area (Å²) in [6.07, 6.45) is 0. The number of hydrogen-bond donors (Lipinski definition) is 3. The normalized spacial score (nSPS) is 12.9. The molecule has 0 saturated carbocycles. The monoisotopic (exact) mass is 259 g/mol. The molecule has 1 aliphatic heterocycles. The third kappa shape index (κ3) is 1.99. The van der Waals surface area contributed by atoms with E-state index in [1.165, 1.54) is 31.8 Å². The predicted octanol–water partition coefficient (Wildman–Crippen LogP) is 1.54. The topological polar surface area (TPSA) is 44.1 Å². The van der Waals surface area contributed by atoms with Crippen LogP contribution < -0.4 is 16.0 Å². The highest BCUT2D eigenvalue weighted by molar-refractivity contribution is 7.99. The highest BCUT2D eigenvalue weighted by Crippen LogP contribution is 2.45. The Bertz CT molecular complexity index is 608. The Morgan fingerprint density at radius 1 is 1.00 bits per heavy atom. The number of rotatable bonds is 1. The molecule has 5 N–H and O–H groups in total. The Kier molecular flexibility index (Phi) is 2.78. The van der Waals surface area contributed by atoms with Gasteiger partial charge in [0.05, 0.1) is 25.5 Å². The molecule has 0 aliphatic carbocycles. The Labute approximate surface area is 111 Å². The summed E-state index contributed by atoms with van der Waals surface area (Å²) >= 11 is 1.81. The number of benzene rings is 2. The van der Waals surface area contributed by atoms with Gasteiger partial charge in [0, 0.05) is 34.1 Å². The molecule has 0 fully saturated rings. The average Bonchev–Trinajstić information content (AvgIpc) is 2.35. The zero-order valence-electron chi connectivity index (χ0n) is 10.6. The largest absolute Gasteiger partial charge is 0.354 e. The molecule has 0 saturated heterocycles. The van der Waals surface area contributed by atoms with E-state index in [0.717, 1.165) is 5.69 Å². The Hall–Kier alpha value is -1.49. The first kappa shape index (κ1) is 11.6. The maximum Gasteiger partial charge on any atom is 0.132 e. The predicted molar refractivity (Wildman–Crippen MR) is 75.3 cm³/mol. The van der Waals surface area contributed by atoms with Crippen LogP contribution in [-0.4, -0.2) is 14.1 Å². The molecule has 2 aromatic carbocycles. The van der Waals surface area contributed by atoms with Crippen LogP contribution in [0.5, 0.6) is 0 Å². The molecule has 3 nitrogen and oxygen atoms in total. The van der Waals surface area contributed by atoms with Crippen LogP contribution in [0.25, 0.3) is 0 Å². The zero-order chi connectivity index (χ0) is 12.7. The second-order valence-electron chi connectivity index (χ2n) is 4.77. The van der Waals surface area contributed by atoms with Crippen molar-refractivity contribution in [2.45, 2.75) is 9.79 Å². The van der Waals surface area contributed by atoms with Crippen LogP contribution in [0.2, 0.25) is 0 Å². The first-order valence-corrected chi connectivity index (χ1v) is 6.80. The molecule has 2 aromatic rings. The van der Waals surface area contributed by atoms with Crippen molar-refractivity contribution in [1.82, 2.24) is 0 Å². The lowest BCUT2D eigenvalue weighted by atomic mass is 10.2. The van der Waals surface area contributed by atoms with E-state index in [-0.39, 0.29) is 0 Å². The maximum atomic E-state index is 3.99. The fourth-order valence-corrected chi connectivity index (χ4v) is 3.13. The maximum absolute atomic E-state index is 3.99. The van der Waals surface area contributed by atoms with Crippen molar-refractivity contribution in [2.75, 3.05) is 19.4 Å². The average molecular weight is 259 g/mol. The number of nitrogens with one attached hydrogen (secondary N) is 2. The zero-order valence-corrected chi connectivity index (χ0v) is 11.4. The molecular formula is C14H17N3S+2. The minimum Gasteiger partial charge on any atom is -0.354 e. The molecule has 0 radical (unpaired) electrons. The summed E-state index contributed by atoms with van der Waals surface area (Å²) in [5.41, 5.74) is 8.70. The molecule has 18 heavy (non-hydrogen) atoms. The Morgan fingerprint density at radius 2 is 1.67 bits per heavy atom. The van der Waals surface area contributed by atoms with Gasteiger partial charge >= 0.3 is 0 Å². The molecule has 0 unspecified atom stereocenters. The molecule has 0 aromatic heterocycles. The van der Waals surface area contributed by atoms with Crippen LogP contribution in [0.1, 0.15) is 0 Å². The van der Waals surface area contributed by atoms with Crippen molar-refractivity contribution in [3.05, 3.63) is 36.4 Å². The molecular weight excluding hydrogens is 242 g/mol. The van der Waals surface area contributed by atoms with E-state index in [4.69, 9.17) is 0 Å². The molecule has 92 valence electrons. The van der Waals surface area contributed by atoms with Gasteiger partial charge in [0.2, 0.25) is 0 Å². The highest BCUT2D eigenvalue weighted by atomic mass is 32.2. The number of quaternary nitrogens is 2. The van der Waals surface area contributed by atoms with E-state index < -0.39 is 0 Å². The van der Waals surface area contributed by atoms with Crippen LogP contribution >= 0.6 is 11.8 Å². The summed E-state index contributed by atoms with van der Waals surface area (Å²) in [4.78, 5) is 3.88. The van der Waals surface area contributed by atoms with Crippen molar-refractivity contribution >= 4 is 34.5 Å². The Morgan fingerprint density at radius 3 is 2.39 bits per heavy atom. The van der Waals surface area contributed by atoms with Gasteiger partial charge in [0.25, 0.3) is 0 Å². The minimum absolute atomic E-state index is 1.06. The molecule has 0 bridgehead atoms. The SMILES string of the molecule is C[NH+](C)c1ccc2c(c1)Sc1cc([NH3+])ccc1N2. The number of hydrogen-bond acceptors (Lipinski definition) is 2. The quantitative estimate of drug-likeness (QED) is 0.621. The first-order valence-electron chi connectivity index (χ1n) is 5.99. The van der Waals surface area contributed by atoms with Gasteiger partial charge in [-0.3, -0.25) is 0 Å². The van der Waals surface area contributed by atoms with Crippen molar-refractivity contribution < 1.29 is 10.6 Å². The van der Waals surface area contributed by atoms with E-state index in [1.807, 2.05) is 17.8 Å². The second-order valence-corrected chi connectivity index (χ2v) is 5.85. The lowest BCUT2D eigenvalue weighted by Gasteiger charge is -2.21. The van der Waals surface area contributed by atoms with Crippen LogP contribution in [0, 0.1) is 0 Å². The summed E-state index contributed by atoms with van der Waals surface area (Å²) in [7, 11) is 4.29. The standard InChI is InChI=1S/C14H15N3S/c1-17(2)10-4-6-12-14(8-10)18-13-7-9(15)3-5-11(13)16-12/h3-8,16H,15H2,1-2H3/p+2. The summed E-state index contributed by atoms with van der Waals surface area (Å²) in [5, 5.41) is 3.48. The van der Waals surface area contributed by atoms with Gasteiger partial charge in [-0.25, -0.2) is 0 Å². The number of anilines is 2. The third-order valence-electron chi connectivity index (χ3n) is 3.09. The van der Waals surface area contributed by atoms with E-state index in [9.17, 15) is 0 Å². The molecule has 1 heterocycles. The van der Waals surface area contributed by atoms with Gasteiger partial charge in [-0.1, -0.05) is 11.8 Å². The summed E-state index contributed by atoms with van der Waals surface area (Å²) in [6, 6.07) is 12.8. The summed E-state index contributed by atoms with van der Waals surface area (Å²) in [6.45, 7) is 0. The van der Waals surface area contributed by atoms with Gasteiger partial charge in [-0.15, -0.1) is 0 Å². The van der Waals surface area contributed by atoms with E-state index in [0.29, 0.717) is 0 Å². The molecule has 3 rings (SSSR count). The smallest absolute Gasteiger partial charge is 0.132 e.